The number of hydrogen-bond donors (Lipinski definition) is 2. The van der Waals surface area contributed by atoms with Crippen LogP contribution in [0.5, 0.6) is 0 Å². The van der Waals surface area contributed by atoms with Crippen LogP contribution in [0.25, 0.3) is 0 Å². The number of unbranched alkanes of at least 4 members (excludes halogenated alkanes) is 5. The van der Waals surface area contributed by atoms with Crippen molar-refractivity contribution in [2.45, 2.75) is 71.6 Å². The molecule has 0 aromatic heterocycles. The van der Waals surface area contributed by atoms with E-state index in [4.69, 9.17) is 5.73 Å². The molecule has 0 aliphatic heterocycles. The van der Waals surface area contributed by atoms with Gasteiger partial charge in [0.05, 0.1) is 5.92 Å². The average Bonchev–Trinajstić information content (AvgIpc) is 2.42. The molecule has 0 aliphatic carbocycles. The molecule has 21 heavy (non-hydrogen) atoms. The summed E-state index contributed by atoms with van der Waals surface area (Å²) in [6.45, 7) is 6.12. The minimum absolute atomic E-state index is 0.477. The molecule has 0 saturated carbocycles. The van der Waals surface area contributed by atoms with Gasteiger partial charge in [0.25, 0.3) is 0 Å². The summed E-state index contributed by atoms with van der Waals surface area (Å²) >= 11 is 0. The predicted octanol–water partition coefficient (Wildman–Crippen LogP) is 4.80. The minimum Gasteiger partial charge on any atom is -0.481 e. The number of aryl methyl sites for hydroxylation is 2. The highest BCUT2D eigenvalue weighted by Gasteiger charge is 2.22. The molecule has 0 fully saturated rings. The van der Waals surface area contributed by atoms with E-state index in [0.717, 1.165) is 29.5 Å². The fourth-order valence-corrected chi connectivity index (χ4v) is 2.84. The maximum atomic E-state index is 11.6. The van der Waals surface area contributed by atoms with Crippen molar-refractivity contribution in [2.75, 3.05) is 5.73 Å². The van der Waals surface area contributed by atoms with E-state index in [1.54, 1.807) is 0 Å². The van der Waals surface area contributed by atoms with Gasteiger partial charge in [-0.1, -0.05) is 63.1 Å². The second kappa shape index (κ2) is 8.71. The number of nitrogen functional groups attached to an aromatic ring is 1. The second-order valence-electron chi connectivity index (χ2n) is 6.03. The van der Waals surface area contributed by atoms with Crippen molar-refractivity contribution in [1.82, 2.24) is 0 Å². The first-order valence-corrected chi connectivity index (χ1v) is 8.06. The zero-order chi connectivity index (χ0) is 15.8. The van der Waals surface area contributed by atoms with E-state index in [-0.39, 0.29) is 0 Å². The van der Waals surface area contributed by atoms with Crippen molar-refractivity contribution in [3.63, 3.8) is 0 Å². The molecular formula is C18H29NO2. The number of carboxylic acid groups (broad SMARTS) is 1. The summed E-state index contributed by atoms with van der Waals surface area (Å²) < 4.78 is 0. The number of nitrogens with two attached hydrogens (primary N) is 1. The minimum atomic E-state index is -0.764. The third kappa shape index (κ3) is 5.41. The molecule has 1 aromatic rings. The summed E-state index contributed by atoms with van der Waals surface area (Å²) in [4.78, 5) is 11.6. The third-order valence-electron chi connectivity index (χ3n) is 4.08. The molecule has 0 saturated heterocycles. The standard InChI is InChI=1S/C18H29NO2/c1-4-5-6-7-8-9-10-15(18(20)21)16-12-13(2)11-14(3)17(16)19/h11-12,15H,4-10,19H2,1-3H3,(H,20,21). The lowest BCUT2D eigenvalue weighted by Crippen LogP contribution is -2.14. The number of benzene rings is 1. The monoisotopic (exact) mass is 291 g/mol. The van der Waals surface area contributed by atoms with Crippen LogP contribution in [-0.2, 0) is 4.79 Å². The summed E-state index contributed by atoms with van der Waals surface area (Å²) in [5.74, 6) is -1.24. The zero-order valence-electron chi connectivity index (χ0n) is 13.6. The van der Waals surface area contributed by atoms with Crippen LogP contribution in [0.15, 0.2) is 12.1 Å². The van der Waals surface area contributed by atoms with Crippen molar-refractivity contribution in [1.29, 1.82) is 0 Å². The van der Waals surface area contributed by atoms with Crippen LogP contribution in [0.1, 0.15) is 74.5 Å². The topological polar surface area (TPSA) is 63.3 Å². The Hall–Kier alpha value is -1.51. The number of anilines is 1. The lowest BCUT2D eigenvalue weighted by molar-refractivity contribution is -0.139. The molecule has 0 aliphatic rings. The molecule has 0 radical (unpaired) electrons. The Morgan fingerprint density at radius 3 is 2.38 bits per heavy atom. The van der Waals surface area contributed by atoms with Gasteiger partial charge in [-0.15, -0.1) is 0 Å². The Bertz CT molecular complexity index is 469. The number of aliphatic carboxylic acids is 1. The van der Waals surface area contributed by atoms with Crippen LogP contribution in [-0.4, -0.2) is 11.1 Å². The van der Waals surface area contributed by atoms with Gasteiger partial charge in [-0.05, 0) is 31.4 Å². The van der Waals surface area contributed by atoms with Gasteiger partial charge in [0.15, 0.2) is 0 Å². The second-order valence-corrected chi connectivity index (χ2v) is 6.03. The molecular weight excluding hydrogens is 262 g/mol. The number of hydrogen-bond acceptors (Lipinski definition) is 2. The molecule has 3 nitrogen and oxygen atoms in total. The van der Waals surface area contributed by atoms with E-state index in [0.29, 0.717) is 12.1 Å². The number of carbonyl (C=O) groups is 1. The van der Waals surface area contributed by atoms with Gasteiger partial charge in [-0.25, -0.2) is 0 Å². The predicted molar refractivity (Wildman–Crippen MR) is 88.7 cm³/mol. The molecule has 1 atom stereocenters. The lowest BCUT2D eigenvalue weighted by atomic mass is 9.89. The zero-order valence-corrected chi connectivity index (χ0v) is 13.6. The Labute approximate surface area is 128 Å². The van der Waals surface area contributed by atoms with E-state index >= 15 is 0 Å². The van der Waals surface area contributed by atoms with Crippen LogP contribution in [0, 0.1) is 13.8 Å². The van der Waals surface area contributed by atoms with Crippen molar-refractivity contribution in [3.8, 4) is 0 Å². The molecule has 3 heteroatoms. The van der Waals surface area contributed by atoms with Crippen molar-refractivity contribution >= 4 is 11.7 Å². The van der Waals surface area contributed by atoms with Gasteiger partial charge in [-0.3, -0.25) is 4.79 Å². The number of rotatable bonds is 9. The first-order chi connectivity index (χ1) is 9.97. The van der Waals surface area contributed by atoms with Gasteiger partial charge in [-0.2, -0.15) is 0 Å². The van der Waals surface area contributed by atoms with Gasteiger partial charge in [0.2, 0.25) is 0 Å². The first kappa shape index (κ1) is 17.5. The van der Waals surface area contributed by atoms with E-state index < -0.39 is 11.9 Å². The maximum absolute atomic E-state index is 11.6. The van der Waals surface area contributed by atoms with E-state index in [2.05, 4.69) is 6.92 Å². The first-order valence-electron chi connectivity index (χ1n) is 8.06. The molecule has 1 rings (SSSR count). The van der Waals surface area contributed by atoms with Crippen molar-refractivity contribution in [3.05, 3.63) is 28.8 Å². The Morgan fingerprint density at radius 1 is 1.14 bits per heavy atom. The molecule has 0 spiro atoms. The highest BCUT2D eigenvalue weighted by molar-refractivity contribution is 5.79. The molecule has 0 amide bonds. The highest BCUT2D eigenvalue weighted by Crippen LogP contribution is 2.31. The summed E-state index contributed by atoms with van der Waals surface area (Å²) in [5, 5.41) is 9.52. The normalized spacial score (nSPS) is 12.3. The summed E-state index contributed by atoms with van der Waals surface area (Å²) in [7, 11) is 0. The Kier molecular flexibility index (Phi) is 7.27. The summed E-state index contributed by atoms with van der Waals surface area (Å²) in [5.41, 5.74) is 9.57. The lowest BCUT2D eigenvalue weighted by Gasteiger charge is -2.17. The molecule has 1 unspecified atom stereocenters. The van der Waals surface area contributed by atoms with Gasteiger partial charge in [0.1, 0.15) is 0 Å². The van der Waals surface area contributed by atoms with Crippen molar-refractivity contribution < 1.29 is 9.90 Å². The van der Waals surface area contributed by atoms with E-state index in [9.17, 15) is 9.90 Å². The average molecular weight is 291 g/mol. The van der Waals surface area contributed by atoms with Crippen LogP contribution in [0.2, 0.25) is 0 Å². The Balaban J connectivity index is 2.68. The molecule has 0 bridgehead atoms. The largest absolute Gasteiger partial charge is 0.481 e. The summed E-state index contributed by atoms with van der Waals surface area (Å²) in [6.07, 6.45) is 7.68. The van der Waals surface area contributed by atoms with Crippen LogP contribution < -0.4 is 5.73 Å². The Morgan fingerprint density at radius 2 is 1.76 bits per heavy atom. The third-order valence-corrected chi connectivity index (χ3v) is 4.08. The quantitative estimate of drug-likeness (QED) is 0.507. The maximum Gasteiger partial charge on any atom is 0.311 e. The SMILES string of the molecule is CCCCCCCCC(C(=O)O)c1cc(C)cc(C)c1N. The van der Waals surface area contributed by atoms with Gasteiger partial charge >= 0.3 is 5.97 Å². The highest BCUT2D eigenvalue weighted by atomic mass is 16.4. The molecule has 1 aromatic carbocycles. The van der Waals surface area contributed by atoms with Crippen LogP contribution in [0.4, 0.5) is 5.69 Å². The van der Waals surface area contributed by atoms with E-state index in [1.807, 2.05) is 26.0 Å². The van der Waals surface area contributed by atoms with Crippen molar-refractivity contribution in [2.24, 2.45) is 0 Å². The van der Waals surface area contributed by atoms with Crippen LogP contribution in [0.3, 0.4) is 0 Å². The molecule has 0 heterocycles. The summed E-state index contributed by atoms with van der Waals surface area (Å²) in [6, 6.07) is 3.93. The fourth-order valence-electron chi connectivity index (χ4n) is 2.84. The van der Waals surface area contributed by atoms with E-state index in [1.165, 1.54) is 25.7 Å². The fraction of sp³-hybridized carbons (Fsp3) is 0.611. The van der Waals surface area contributed by atoms with Gasteiger partial charge < -0.3 is 10.8 Å². The smallest absolute Gasteiger partial charge is 0.311 e. The van der Waals surface area contributed by atoms with Crippen LogP contribution >= 0.6 is 0 Å². The molecule has 118 valence electrons. The number of carboxylic acids is 1. The molecule has 3 N–H and O–H groups in total. The van der Waals surface area contributed by atoms with Gasteiger partial charge in [0, 0.05) is 5.69 Å².